The summed E-state index contributed by atoms with van der Waals surface area (Å²) in [5.41, 5.74) is 1.29. The molecule has 3 nitrogen and oxygen atoms in total. The van der Waals surface area contributed by atoms with E-state index in [9.17, 15) is 0 Å². The number of halogens is 1. The van der Waals surface area contributed by atoms with E-state index in [1.165, 1.54) is 31.2 Å². The van der Waals surface area contributed by atoms with Crippen LogP contribution >= 0.6 is 35.3 Å². The van der Waals surface area contributed by atoms with Crippen LogP contribution in [0.25, 0.3) is 0 Å². The Labute approximate surface area is 137 Å². The maximum Gasteiger partial charge on any atom is 0.191 e. The number of rotatable bonds is 7. The van der Waals surface area contributed by atoms with Crippen LogP contribution in [-0.4, -0.2) is 19.0 Å². The lowest BCUT2D eigenvalue weighted by molar-refractivity contribution is 0.645. The highest BCUT2D eigenvalue weighted by molar-refractivity contribution is 14.0. The summed E-state index contributed by atoms with van der Waals surface area (Å²) in [5.74, 6) is 1.97. The van der Waals surface area contributed by atoms with Crippen molar-refractivity contribution in [3.05, 3.63) is 22.4 Å². The second kappa shape index (κ2) is 9.58. The Balaban J connectivity index is 0.00000180. The molecule has 0 saturated heterocycles. The molecule has 0 spiro atoms. The summed E-state index contributed by atoms with van der Waals surface area (Å²) in [6.45, 7) is 4.82. The average Bonchev–Trinajstić information content (AvgIpc) is 3.05. The Bertz CT molecular complexity index is 361. The molecule has 1 heterocycles. The summed E-state index contributed by atoms with van der Waals surface area (Å²) in [7, 11) is 0. The molecule has 0 aromatic carbocycles. The molecule has 1 fully saturated rings. The minimum absolute atomic E-state index is 0. The zero-order valence-electron chi connectivity index (χ0n) is 11.5. The number of guanidine groups is 1. The lowest BCUT2D eigenvalue weighted by atomic mass is 10.2. The Morgan fingerprint density at radius 1 is 1.42 bits per heavy atom. The number of nitrogens with zero attached hydrogens (tertiary/aromatic N) is 1. The molecule has 108 valence electrons. The molecule has 0 radical (unpaired) electrons. The Kier molecular flexibility index (Phi) is 8.45. The number of aliphatic imine (C=N–C) groups is 1. The van der Waals surface area contributed by atoms with Crippen molar-refractivity contribution in [2.45, 2.75) is 39.2 Å². The van der Waals surface area contributed by atoms with Gasteiger partial charge in [0, 0.05) is 13.1 Å². The summed E-state index contributed by atoms with van der Waals surface area (Å²) >= 11 is 1.73. The minimum Gasteiger partial charge on any atom is -0.357 e. The molecule has 1 saturated carbocycles. The van der Waals surface area contributed by atoms with Crippen LogP contribution in [0, 0.1) is 5.92 Å². The topological polar surface area (TPSA) is 36.4 Å². The van der Waals surface area contributed by atoms with Gasteiger partial charge in [-0.3, -0.25) is 0 Å². The number of thiophene rings is 1. The first-order valence-electron chi connectivity index (χ1n) is 6.91. The van der Waals surface area contributed by atoms with Crippen LogP contribution < -0.4 is 10.6 Å². The predicted octanol–water partition coefficient (Wildman–Crippen LogP) is 3.61. The Morgan fingerprint density at radius 2 is 2.26 bits per heavy atom. The summed E-state index contributed by atoms with van der Waals surface area (Å²) in [4.78, 5) is 4.59. The molecule has 0 unspecified atom stereocenters. The molecule has 0 atom stereocenters. The molecular formula is C14H24IN3S. The van der Waals surface area contributed by atoms with E-state index in [0.29, 0.717) is 0 Å². The van der Waals surface area contributed by atoms with Crippen molar-refractivity contribution in [1.82, 2.24) is 10.6 Å². The summed E-state index contributed by atoms with van der Waals surface area (Å²) in [5, 5.41) is 11.0. The van der Waals surface area contributed by atoms with Crippen LogP contribution in [0.15, 0.2) is 21.8 Å². The van der Waals surface area contributed by atoms with Gasteiger partial charge in [-0.05, 0) is 48.1 Å². The van der Waals surface area contributed by atoms with E-state index in [-0.39, 0.29) is 24.0 Å². The van der Waals surface area contributed by atoms with E-state index < -0.39 is 0 Å². The smallest absolute Gasteiger partial charge is 0.191 e. The van der Waals surface area contributed by atoms with Crippen molar-refractivity contribution in [2.24, 2.45) is 10.9 Å². The molecular weight excluding hydrogens is 369 g/mol. The number of nitrogens with one attached hydrogen (secondary N) is 2. The first-order chi connectivity index (χ1) is 8.88. The molecule has 1 aromatic heterocycles. The molecule has 5 heteroatoms. The van der Waals surface area contributed by atoms with Crippen molar-refractivity contribution >= 4 is 41.3 Å². The second-order valence-corrected chi connectivity index (χ2v) is 5.62. The van der Waals surface area contributed by atoms with Crippen LogP contribution in [-0.2, 0) is 6.54 Å². The largest absolute Gasteiger partial charge is 0.357 e. The van der Waals surface area contributed by atoms with Gasteiger partial charge in [0.1, 0.15) is 0 Å². The van der Waals surface area contributed by atoms with E-state index in [2.05, 4.69) is 39.4 Å². The Morgan fingerprint density at radius 3 is 2.89 bits per heavy atom. The normalized spacial score (nSPS) is 14.9. The summed E-state index contributed by atoms with van der Waals surface area (Å²) in [6.07, 6.45) is 5.53. The first-order valence-corrected chi connectivity index (χ1v) is 7.86. The highest BCUT2D eigenvalue weighted by atomic mass is 127. The van der Waals surface area contributed by atoms with Gasteiger partial charge in [0.15, 0.2) is 5.96 Å². The molecule has 1 aromatic rings. The van der Waals surface area contributed by atoms with Gasteiger partial charge in [-0.1, -0.05) is 12.8 Å². The maximum absolute atomic E-state index is 4.59. The van der Waals surface area contributed by atoms with Crippen molar-refractivity contribution in [1.29, 1.82) is 0 Å². The van der Waals surface area contributed by atoms with Gasteiger partial charge in [-0.2, -0.15) is 11.3 Å². The minimum atomic E-state index is 0. The summed E-state index contributed by atoms with van der Waals surface area (Å²) in [6, 6.07) is 2.13. The second-order valence-electron chi connectivity index (χ2n) is 4.84. The van der Waals surface area contributed by atoms with Crippen molar-refractivity contribution in [2.75, 3.05) is 13.1 Å². The molecule has 1 aliphatic carbocycles. The lowest BCUT2D eigenvalue weighted by Crippen LogP contribution is -2.37. The Hall–Kier alpha value is -0.300. The van der Waals surface area contributed by atoms with Gasteiger partial charge in [-0.25, -0.2) is 4.99 Å². The van der Waals surface area contributed by atoms with Crippen LogP contribution in [0.4, 0.5) is 0 Å². The van der Waals surface area contributed by atoms with Gasteiger partial charge in [-0.15, -0.1) is 24.0 Å². The fourth-order valence-electron chi connectivity index (χ4n) is 1.90. The van der Waals surface area contributed by atoms with Gasteiger partial charge in [0.2, 0.25) is 0 Å². The number of hydrogen-bond donors (Lipinski definition) is 2. The third-order valence-electron chi connectivity index (χ3n) is 3.12. The monoisotopic (exact) mass is 393 g/mol. The predicted molar refractivity (Wildman–Crippen MR) is 94.5 cm³/mol. The number of hydrogen-bond acceptors (Lipinski definition) is 2. The zero-order valence-corrected chi connectivity index (χ0v) is 14.7. The lowest BCUT2D eigenvalue weighted by Gasteiger charge is -2.10. The third-order valence-corrected chi connectivity index (χ3v) is 3.85. The standard InChI is InChI=1S/C14H23N3S.HI/c1-2-15-14(16-8-3-4-12-5-6-12)17-10-13-7-9-18-11-13;/h7,9,11-12H,2-6,8,10H2,1H3,(H2,15,16,17);1H. The van der Waals surface area contributed by atoms with Crippen LogP contribution in [0.1, 0.15) is 38.2 Å². The molecule has 2 N–H and O–H groups in total. The SMILES string of the molecule is CCNC(=NCc1ccsc1)NCCCC1CC1.I. The van der Waals surface area contributed by atoms with E-state index in [1.54, 1.807) is 11.3 Å². The van der Waals surface area contributed by atoms with Crippen LogP contribution in [0.2, 0.25) is 0 Å². The van der Waals surface area contributed by atoms with Gasteiger partial charge >= 0.3 is 0 Å². The molecule has 1 aliphatic rings. The van der Waals surface area contributed by atoms with E-state index in [4.69, 9.17) is 0 Å². The van der Waals surface area contributed by atoms with Gasteiger partial charge < -0.3 is 10.6 Å². The van der Waals surface area contributed by atoms with E-state index >= 15 is 0 Å². The van der Waals surface area contributed by atoms with Crippen LogP contribution in [0.5, 0.6) is 0 Å². The molecule has 0 amide bonds. The average molecular weight is 393 g/mol. The fraction of sp³-hybridized carbons (Fsp3) is 0.643. The quantitative estimate of drug-likeness (QED) is 0.321. The van der Waals surface area contributed by atoms with E-state index in [0.717, 1.165) is 31.5 Å². The zero-order chi connectivity index (χ0) is 12.6. The molecule has 0 bridgehead atoms. The third kappa shape index (κ3) is 7.15. The van der Waals surface area contributed by atoms with Crippen molar-refractivity contribution in [3.63, 3.8) is 0 Å². The van der Waals surface area contributed by atoms with Gasteiger partial charge in [0.25, 0.3) is 0 Å². The fourth-order valence-corrected chi connectivity index (χ4v) is 2.56. The van der Waals surface area contributed by atoms with Gasteiger partial charge in [0.05, 0.1) is 6.54 Å². The van der Waals surface area contributed by atoms with Crippen molar-refractivity contribution in [3.8, 4) is 0 Å². The van der Waals surface area contributed by atoms with Crippen LogP contribution in [0.3, 0.4) is 0 Å². The maximum atomic E-state index is 4.59. The van der Waals surface area contributed by atoms with Crippen molar-refractivity contribution < 1.29 is 0 Å². The molecule has 19 heavy (non-hydrogen) atoms. The summed E-state index contributed by atoms with van der Waals surface area (Å²) < 4.78 is 0. The highest BCUT2D eigenvalue weighted by Gasteiger charge is 2.19. The first kappa shape index (κ1) is 16.8. The van der Waals surface area contributed by atoms with E-state index in [1.807, 2.05) is 0 Å². The molecule has 2 rings (SSSR count). The molecule has 0 aliphatic heterocycles. The highest BCUT2D eigenvalue weighted by Crippen LogP contribution is 2.33.